The van der Waals surface area contributed by atoms with Crippen LogP contribution in [-0.2, 0) is 0 Å². The summed E-state index contributed by atoms with van der Waals surface area (Å²) in [6.45, 7) is 0. The highest BCUT2D eigenvalue weighted by atomic mass is 32.2. The molecule has 0 radical (unpaired) electrons. The maximum absolute atomic E-state index is 12.0. The number of hydrogen-bond donors (Lipinski definition) is 4. The van der Waals surface area contributed by atoms with Crippen molar-refractivity contribution in [2.75, 3.05) is 5.32 Å². The number of primary amides is 1. The first-order valence-corrected chi connectivity index (χ1v) is 11.3. The number of rotatable bonds is 6. The summed E-state index contributed by atoms with van der Waals surface area (Å²) in [4.78, 5) is 13.8. The van der Waals surface area contributed by atoms with Crippen LogP contribution in [0.4, 0.5) is 5.69 Å². The molecule has 31 heavy (non-hydrogen) atoms. The number of benzene rings is 3. The molecule has 0 unspecified atom stereocenters. The molecule has 160 valence electrons. The SMILES string of the molecule is NC(=O)c1ccc(-c2ccccc2Sc2ccccc2O)cc1NC1CCC(O)CC1. The van der Waals surface area contributed by atoms with Crippen LogP contribution in [0.1, 0.15) is 36.0 Å². The largest absolute Gasteiger partial charge is 0.507 e. The molecule has 0 saturated heterocycles. The highest BCUT2D eigenvalue weighted by molar-refractivity contribution is 7.99. The predicted octanol–water partition coefficient (Wildman–Crippen LogP) is 5.02. The Hall–Kier alpha value is -2.96. The zero-order valence-corrected chi connectivity index (χ0v) is 17.9. The Kier molecular flexibility index (Phi) is 6.49. The summed E-state index contributed by atoms with van der Waals surface area (Å²) >= 11 is 1.50. The second-order valence-electron chi connectivity index (χ2n) is 7.84. The van der Waals surface area contributed by atoms with Gasteiger partial charge in [-0.05, 0) is 67.1 Å². The number of para-hydroxylation sites is 1. The number of aromatic hydroxyl groups is 1. The zero-order valence-electron chi connectivity index (χ0n) is 17.1. The smallest absolute Gasteiger partial charge is 0.250 e. The van der Waals surface area contributed by atoms with Crippen LogP contribution in [0.3, 0.4) is 0 Å². The van der Waals surface area contributed by atoms with Gasteiger partial charge < -0.3 is 21.3 Å². The molecule has 3 aromatic carbocycles. The molecule has 1 amide bonds. The highest BCUT2D eigenvalue weighted by Crippen LogP contribution is 2.40. The molecule has 1 fully saturated rings. The monoisotopic (exact) mass is 434 g/mol. The fraction of sp³-hybridized carbons (Fsp3) is 0.240. The lowest BCUT2D eigenvalue weighted by molar-refractivity contribution is 0.100. The quantitative estimate of drug-likeness (QED) is 0.437. The van der Waals surface area contributed by atoms with Gasteiger partial charge in [-0.15, -0.1) is 0 Å². The third kappa shape index (κ3) is 5.03. The summed E-state index contributed by atoms with van der Waals surface area (Å²) < 4.78 is 0. The first-order chi connectivity index (χ1) is 15.0. The zero-order chi connectivity index (χ0) is 21.8. The van der Waals surface area contributed by atoms with Gasteiger partial charge in [0.15, 0.2) is 0 Å². The fourth-order valence-corrected chi connectivity index (χ4v) is 4.94. The van der Waals surface area contributed by atoms with Crippen LogP contribution in [-0.4, -0.2) is 28.3 Å². The molecule has 0 spiro atoms. The van der Waals surface area contributed by atoms with Crippen molar-refractivity contribution >= 4 is 23.4 Å². The van der Waals surface area contributed by atoms with E-state index in [-0.39, 0.29) is 17.9 Å². The minimum absolute atomic E-state index is 0.197. The van der Waals surface area contributed by atoms with Crippen LogP contribution in [0.2, 0.25) is 0 Å². The molecule has 1 aliphatic rings. The summed E-state index contributed by atoms with van der Waals surface area (Å²) in [6, 6.07) is 21.1. The van der Waals surface area contributed by atoms with Crippen LogP contribution >= 0.6 is 11.8 Å². The second-order valence-corrected chi connectivity index (χ2v) is 8.92. The van der Waals surface area contributed by atoms with Gasteiger partial charge in [-0.3, -0.25) is 4.79 Å². The fourth-order valence-electron chi connectivity index (χ4n) is 3.94. The van der Waals surface area contributed by atoms with Crippen molar-refractivity contribution in [1.29, 1.82) is 0 Å². The molecule has 0 aromatic heterocycles. The highest BCUT2D eigenvalue weighted by Gasteiger charge is 2.21. The Bertz CT molecular complexity index is 1080. The predicted molar refractivity (Wildman–Crippen MR) is 125 cm³/mol. The molecule has 1 aliphatic carbocycles. The van der Waals surface area contributed by atoms with Crippen molar-refractivity contribution in [2.45, 2.75) is 47.6 Å². The van der Waals surface area contributed by atoms with Gasteiger partial charge in [0.05, 0.1) is 16.6 Å². The lowest BCUT2D eigenvalue weighted by atomic mass is 9.92. The van der Waals surface area contributed by atoms with Crippen molar-refractivity contribution in [3.05, 3.63) is 72.3 Å². The Morgan fingerprint density at radius 1 is 0.935 bits per heavy atom. The summed E-state index contributed by atoms with van der Waals surface area (Å²) in [6.07, 6.45) is 2.97. The molecule has 6 heteroatoms. The number of nitrogens with two attached hydrogens (primary N) is 1. The van der Waals surface area contributed by atoms with Crippen molar-refractivity contribution in [3.8, 4) is 16.9 Å². The third-order valence-corrected chi connectivity index (χ3v) is 6.77. The van der Waals surface area contributed by atoms with Gasteiger partial charge in [0, 0.05) is 16.6 Å². The molecule has 0 heterocycles. The number of nitrogens with one attached hydrogen (secondary N) is 1. The van der Waals surface area contributed by atoms with E-state index >= 15 is 0 Å². The molecular weight excluding hydrogens is 408 g/mol. The Morgan fingerprint density at radius 3 is 2.32 bits per heavy atom. The van der Waals surface area contributed by atoms with E-state index in [0.717, 1.165) is 46.6 Å². The first-order valence-electron chi connectivity index (χ1n) is 10.4. The van der Waals surface area contributed by atoms with E-state index in [2.05, 4.69) is 5.32 Å². The number of aliphatic hydroxyl groups is 1. The Balaban J connectivity index is 1.67. The van der Waals surface area contributed by atoms with Crippen molar-refractivity contribution < 1.29 is 15.0 Å². The van der Waals surface area contributed by atoms with Crippen molar-refractivity contribution in [3.63, 3.8) is 0 Å². The average molecular weight is 435 g/mol. The number of phenols is 1. The summed E-state index contributed by atoms with van der Waals surface area (Å²) in [5.41, 5.74) is 8.77. The van der Waals surface area contributed by atoms with E-state index in [4.69, 9.17) is 5.73 Å². The maximum atomic E-state index is 12.0. The summed E-state index contributed by atoms with van der Waals surface area (Å²) in [5.74, 6) is -0.227. The minimum Gasteiger partial charge on any atom is -0.507 e. The number of anilines is 1. The van der Waals surface area contributed by atoms with Crippen LogP contribution in [0.15, 0.2) is 76.5 Å². The molecule has 0 aliphatic heterocycles. The number of amides is 1. The normalized spacial score (nSPS) is 18.5. The van der Waals surface area contributed by atoms with Crippen LogP contribution in [0, 0.1) is 0 Å². The van der Waals surface area contributed by atoms with Gasteiger partial charge >= 0.3 is 0 Å². The minimum atomic E-state index is -0.471. The average Bonchev–Trinajstić information content (AvgIpc) is 2.77. The number of carbonyl (C=O) groups is 1. The van der Waals surface area contributed by atoms with Gasteiger partial charge in [-0.25, -0.2) is 0 Å². The number of phenolic OH excluding ortho intramolecular Hbond substituents is 1. The summed E-state index contributed by atoms with van der Waals surface area (Å²) in [5, 5.41) is 23.4. The molecular formula is C25H26N2O3S. The number of hydrogen-bond acceptors (Lipinski definition) is 5. The second kappa shape index (κ2) is 9.45. The standard InChI is InChI=1S/C25H26N2O3S/c26-25(30)20-14-9-16(15-21(20)27-17-10-12-18(28)13-11-17)19-5-1-3-7-23(19)31-24-8-4-2-6-22(24)29/h1-9,14-15,17-18,27-29H,10-13H2,(H2,26,30). The van der Waals surface area contributed by atoms with E-state index in [1.165, 1.54) is 11.8 Å². The molecule has 5 nitrogen and oxygen atoms in total. The molecule has 5 N–H and O–H groups in total. The third-order valence-electron chi connectivity index (χ3n) is 5.62. The van der Waals surface area contributed by atoms with Crippen LogP contribution in [0.5, 0.6) is 5.75 Å². The Labute approximate surface area is 186 Å². The van der Waals surface area contributed by atoms with E-state index in [9.17, 15) is 15.0 Å². The lowest BCUT2D eigenvalue weighted by Crippen LogP contribution is -2.29. The molecule has 0 bridgehead atoms. The number of carbonyl (C=O) groups excluding carboxylic acids is 1. The van der Waals surface area contributed by atoms with Crippen molar-refractivity contribution in [2.24, 2.45) is 5.73 Å². The van der Waals surface area contributed by atoms with Gasteiger partial charge in [-0.1, -0.05) is 48.2 Å². The van der Waals surface area contributed by atoms with Crippen LogP contribution in [0.25, 0.3) is 11.1 Å². The first kappa shape index (κ1) is 21.3. The van der Waals surface area contributed by atoms with Crippen molar-refractivity contribution in [1.82, 2.24) is 0 Å². The van der Waals surface area contributed by atoms with E-state index in [0.29, 0.717) is 11.3 Å². The molecule has 3 aromatic rings. The maximum Gasteiger partial charge on any atom is 0.250 e. The molecule has 4 rings (SSSR count). The topological polar surface area (TPSA) is 95.6 Å². The van der Waals surface area contributed by atoms with Gasteiger partial charge in [0.2, 0.25) is 0 Å². The van der Waals surface area contributed by atoms with Gasteiger partial charge in [-0.2, -0.15) is 0 Å². The van der Waals surface area contributed by atoms with Crippen LogP contribution < -0.4 is 11.1 Å². The molecule has 0 atom stereocenters. The van der Waals surface area contributed by atoms with Gasteiger partial charge in [0.1, 0.15) is 5.75 Å². The summed E-state index contributed by atoms with van der Waals surface area (Å²) in [7, 11) is 0. The molecule has 1 saturated carbocycles. The Morgan fingerprint density at radius 2 is 1.61 bits per heavy atom. The van der Waals surface area contributed by atoms with E-state index in [1.807, 2.05) is 48.5 Å². The van der Waals surface area contributed by atoms with Gasteiger partial charge in [0.25, 0.3) is 5.91 Å². The van der Waals surface area contributed by atoms with E-state index in [1.54, 1.807) is 18.2 Å². The number of aliphatic hydroxyl groups excluding tert-OH is 1. The lowest BCUT2D eigenvalue weighted by Gasteiger charge is -2.28. The van der Waals surface area contributed by atoms with E-state index < -0.39 is 5.91 Å².